The molecule has 0 unspecified atom stereocenters. The van der Waals surface area contributed by atoms with Gasteiger partial charge in [0.1, 0.15) is 5.75 Å². The Morgan fingerprint density at radius 3 is 2.57 bits per heavy atom. The average molecular weight is 292 g/mol. The summed E-state index contributed by atoms with van der Waals surface area (Å²) in [6, 6.07) is 6.41. The molecule has 1 aromatic rings. The van der Waals surface area contributed by atoms with Crippen molar-refractivity contribution < 1.29 is 9.53 Å². The number of carbonyl (C=O) groups is 1. The zero-order chi connectivity index (χ0) is 15.9. The predicted molar refractivity (Wildman–Crippen MR) is 86.2 cm³/mol. The van der Waals surface area contributed by atoms with Crippen LogP contribution in [-0.4, -0.2) is 12.5 Å². The van der Waals surface area contributed by atoms with E-state index in [9.17, 15) is 4.79 Å². The summed E-state index contributed by atoms with van der Waals surface area (Å²) in [6.07, 6.45) is 3.09. The van der Waals surface area contributed by atoms with Gasteiger partial charge in [-0.2, -0.15) is 0 Å². The summed E-state index contributed by atoms with van der Waals surface area (Å²) in [5.41, 5.74) is 4.75. The normalized spacial score (nSPS) is 11.3. The van der Waals surface area contributed by atoms with Crippen molar-refractivity contribution >= 4 is 5.91 Å². The van der Waals surface area contributed by atoms with Crippen LogP contribution in [0.5, 0.6) is 5.75 Å². The number of carbonyl (C=O) groups excluding carboxylic acids is 1. The standard InChI is InChI=1S/C17H28N2O2/c1-5-13-9-10-15(14(12-13)17(2,3)4)21-11-7-6-8-16(20)19-18/h9-10,12H,5-8,11,18H2,1-4H3,(H,19,20). The first-order valence-corrected chi connectivity index (χ1v) is 7.64. The van der Waals surface area contributed by atoms with Crippen molar-refractivity contribution in [2.75, 3.05) is 6.61 Å². The molecule has 4 nitrogen and oxygen atoms in total. The number of hydrazine groups is 1. The Hall–Kier alpha value is -1.55. The molecule has 4 heteroatoms. The second-order valence-corrected chi connectivity index (χ2v) is 6.31. The molecular formula is C17H28N2O2. The summed E-state index contributed by atoms with van der Waals surface area (Å²) < 4.78 is 5.92. The highest BCUT2D eigenvalue weighted by molar-refractivity contribution is 5.75. The van der Waals surface area contributed by atoms with E-state index in [1.54, 1.807) is 0 Å². The molecule has 0 aromatic heterocycles. The van der Waals surface area contributed by atoms with Crippen LogP contribution < -0.4 is 16.0 Å². The van der Waals surface area contributed by atoms with Crippen LogP contribution >= 0.6 is 0 Å². The van der Waals surface area contributed by atoms with Gasteiger partial charge >= 0.3 is 0 Å². The van der Waals surface area contributed by atoms with Crippen molar-refractivity contribution in [2.45, 2.75) is 58.8 Å². The van der Waals surface area contributed by atoms with Crippen LogP contribution in [0, 0.1) is 0 Å². The minimum Gasteiger partial charge on any atom is -0.493 e. The highest BCUT2D eigenvalue weighted by Crippen LogP contribution is 2.32. The van der Waals surface area contributed by atoms with E-state index in [-0.39, 0.29) is 11.3 Å². The molecule has 0 heterocycles. The number of nitrogens with one attached hydrogen (secondary N) is 1. The quantitative estimate of drug-likeness (QED) is 0.351. The smallest absolute Gasteiger partial charge is 0.233 e. The summed E-state index contributed by atoms with van der Waals surface area (Å²) in [6.45, 7) is 9.36. The van der Waals surface area contributed by atoms with Crippen molar-refractivity contribution in [2.24, 2.45) is 5.84 Å². The topological polar surface area (TPSA) is 64.3 Å². The Balaban J connectivity index is 2.60. The number of aryl methyl sites for hydroxylation is 1. The first-order chi connectivity index (χ1) is 9.88. The Bertz CT molecular complexity index is 464. The molecule has 0 fully saturated rings. The van der Waals surface area contributed by atoms with Crippen LogP contribution in [0.25, 0.3) is 0 Å². The van der Waals surface area contributed by atoms with E-state index < -0.39 is 0 Å². The fourth-order valence-electron chi connectivity index (χ4n) is 2.15. The lowest BCUT2D eigenvalue weighted by molar-refractivity contribution is -0.121. The van der Waals surface area contributed by atoms with Crippen LogP contribution in [0.15, 0.2) is 18.2 Å². The highest BCUT2D eigenvalue weighted by atomic mass is 16.5. The minimum atomic E-state index is -0.127. The second kappa shape index (κ2) is 8.03. The van der Waals surface area contributed by atoms with Gasteiger partial charge < -0.3 is 4.74 Å². The maximum absolute atomic E-state index is 11.0. The third kappa shape index (κ3) is 5.76. The Labute approximate surface area is 128 Å². The lowest BCUT2D eigenvalue weighted by atomic mass is 9.85. The van der Waals surface area contributed by atoms with Gasteiger partial charge in [-0.3, -0.25) is 10.2 Å². The van der Waals surface area contributed by atoms with E-state index in [1.165, 1.54) is 11.1 Å². The number of hydrogen-bond donors (Lipinski definition) is 2. The van der Waals surface area contributed by atoms with Crippen LogP contribution in [-0.2, 0) is 16.6 Å². The van der Waals surface area contributed by atoms with Crippen molar-refractivity contribution in [3.8, 4) is 5.75 Å². The number of unbranched alkanes of at least 4 members (excludes halogenated alkanes) is 1. The molecule has 3 N–H and O–H groups in total. The minimum absolute atomic E-state index is 0.0555. The molecule has 0 atom stereocenters. The van der Waals surface area contributed by atoms with E-state index >= 15 is 0 Å². The third-order valence-corrected chi connectivity index (χ3v) is 3.48. The molecule has 1 rings (SSSR count). The second-order valence-electron chi connectivity index (χ2n) is 6.31. The number of benzene rings is 1. The molecule has 0 saturated carbocycles. The average Bonchev–Trinajstić information content (AvgIpc) is 2.45. The van der Waals surface area contributed by atoms with Gasteiger partial charge in [0.15, 0.2) is 0 Å². The van der Waals surface area contributed by atoms with Crippen molar-refractivity contribution in [1.29, 1.82) is 0 Å². The van der Waals surface area contributed by atoms with Gasteiger partial charge in [0.05, 0.1) is 6.61 Å². The molecule has 118 valence electrons. The molecule has 0 radical (unpaired) electrons. The molecule has 0 saturated heterocycles. The zero-order valence-electron chi connectivity index (χ0n) is 13.7. The predicted octanol–water partition coefficient (Wildman–Crippen LogP) is 3.09. The van der Waals surface area contributed by atoms with E-state index in [2.05, 4.69) is 51.3 Å². The molecule has 1 aromatic carbocycles. The van der Waals surface area contributed by atoms with Gasteiger partial charge in [-0.1, -0.05) is 39.8 Å². The molecule has 0 bridgehead atoms. The number of amides is 1. The number of nitrogens with two attached hydrogens (primary N) is 1. The van der Waals surface area contributed by atoms with Gasteiger partial charge in [-0.15, -0.1) is 0 Å². The molecule has 0 aliphatic carbocycles. The number of rotatable bonds is 7. The fourth-order valence-corrected chi connectivity index (χ4v) is 2.15. The van der Waals surface area contributed by atoms with Gasteiger partial charge in [-0.05, 0) is 41.9 Å². The molecule has 0 aliphatic rings. The highest BCUT2D eigenvalue weighted by Gasteiger charge is 2.19. The molecule has 0 aliphatic heterocycles. The monoisotopic (exact) mass is 292 g/mol. The van der Waals surface area contributed by atoms with Crippen molar-refractivity contribution in [3.05, 3.63) is 29.3 Å². The zero-order valence-corrected chi connectivity index (χ0v) is 13.7. The van der Waals surface area contributed by atoms with Crippen LogP contribution in [0.3, 0.4) is 0 Å². The molecule has 21 heavy (non-hydrogen) atoms. The van der Waals surface area contributed by atoms with Crippen molar-refractivity contribution in [3.63, 3.8) is 0 Å². The first kappa shape index (κ1) is 17.5. The summed E-state index contributed by atoms with van der Waals surface area (Å²) >= 11 is 0. The Morgan fingerprint density at radius 2 is 2.00 bits per heavy atom. The molecule has 1 amide bonds. The first-order valence-electron chi connectivity index (χ1n) is 7.64. The van der Waals surface area contributed by atoms with Crippen LogP contribution in [0.2, 0.25) is 0 Å². The van der Waals surface area contributed by atoms with E-state index in [0.29, 0.717) is 13.0 Å². The Kier molecular flexibility index (Phi) is 6.69. The maximum atomic E-state index is 11.0. The lowest BCUT2D eigenvalue weighted by Crippen LogP contribution is -2.29. The molecule has 0 spiro atoms. The van der Waals surface area contributed by atoms with E-state index in [0.717, 1.165) is 25.0 Å². The molecular weight excluding hydrogens is 264 g/mol. The van der Waals surface area contributed by atoms with Crippen LogP contribution in [0.1, 0.15) is 58.1 Å². The SMILES string of the molecule is CCc1ccc(OCCCCC(=O)NN)c(C(C)(C)C)c1. The summed E-state index contributed by atoms with van der Waals surface area (Å²) in [5.74, 6) is 5.86. The number of ether oxygens (including phenoxy) is 1. The summed E-state index contributed by atoms with van der Waals surface area (Å²) in [5, 5.41) is 0. The third-order valence-electron chi connectivity index (χ3n) is 3.48. The largest absolute Gasteiger partial charge is 0.493 e. The van der Waals surface area contributed by atoms with Crippen molar-refractivity contribution in [1.82, 2.24) is 5.43 Å². The Morgan fingerprint density at radius 1 is 1.29 bits per heavy atom. The van der Waals surface area contributed by atoms with Gasteiger partial charge in [-0.25, -0.2) is 5.84 Å². The summed E-state index contributed by atoms with van der Waals surface area (Å²) in [7, 11) is 0. The summed E-state index contributed by atoms with van der Waals surface area (Å²) in [4.78, 5) is 11.0. The number of hydrogen-bond acceptors (Lipinski definition) is 3. The van der Waals surface area contributed by atoms with Gasteiger partial charge in [0.2, 0.25) is 5.91 Å². The maximum Gasteiger partial charge on any atom is 0.233 e. The van der Waals surface area contributed by atoms with Gasteiger partial charge in [0, 0.05) is 6.42 Å². The lowest BCUT2D eigenvalue weighted by Gasteiger charge is -2.23. The fraction of sp³-hybridized carbons (Fsp3) is 0.588. The van der Waals surface area contributed by atoms with E-state index in [4.69, 9.17) is 10.6 Å². The van der Waals surface area contributed by atoms with Gasteiger partial charge in [0.25, 0.3) is 0 Å². The van der Waals surface area contributed by atoms with E-state index in [1.807, 2.05) is 0 Å². The van der Waals surface area contributed by atoms with Crippen LogP contribution in [0.4, 0.5) is 0 Å².